The molecule has 4 aromatic carbocycles. The summed E-state index contributed by atoms with van der Waals surface area (Å²) in [5.74, 6) is 0. The van der Waals surface area contributed by atoms with Gasteiger partial charge < -0.3 is 4.90 Å². The minimum absolute atomic E-state index is 1.15. The maximum Gasteiger partial charge on any atom is 0.0462 e. The Morgan fingerprint density at radius 2 is 1.07 bits per heavy atom. The third kappa shape index (κ3) is 4.47. The van der Waals surface area contributed by atoms with Gasteiger partial charge in [0.15, 0.2) is 0 Å². The largest absolute Gasteiger partial charge is 0.311 e. The molecule has 0 heterocycles. The highest BCUT2D eigenvalue weighted by Gasteiger charge is 2.11. The maximum absolute atomic E-state index is 2.29. The van der Waals surface area contributed by atoms with Gasteiger partial charge in [-0.2, -0.15) is 0 Å². The van der Waals surface area contributed by atoms with Crippen molar-refractivity contribution >= 4 is 29.2 Å². The summed E-state index contributed by atoms with van der Waals surface area (Å²) in [5.41, 5.74) is 8.45. The summed E-state index contributed by atoms with van der Waals surface area (Å²) < 4.78 is 0. The summed E-state index contributed by atoms with van der Waals surface area (Å²) >= 11 is 0. The fraction of sp³-hybridized carbons (Fsp3) is 0.0714. The van der Waals surface area contributed by atoms with Crippen molar-refractivity contribution < 1.29 is 0 Å². The number of anilines is 3. The Labute approximate surface area is 173 Å². The Morgan fingerprint density at radius 1 is 0.517 bits per heavy atom. The van der Waals surface area contributed by atoms with Gasteiger partial charge >= 0.3 is 0 Å². The van der Waals surface area contributed by atoms with Crippen LogP contribution in [0, 0.1) is 13.8 Å². The first-order valence-corrected chi connectivity index (χ1v) is 9.96. The molecule has 0 amide bonds. The van der Waals surface area contributed by atoms with E-state index in [1.54, 1.807) is 0 Å². The number of aryl methyl sites for hydroxylation is 2. The summed E-state index contributed by atoms with van der Waals surface area (Å²) in [6, 6.07) is 36.3. The number of nitrogens with zero attached hydrogens (tertiary/aromatic N) is 1. The van der Waals surface area contributed by atoms with E-state index in [2.05, 4.69) is 134 Å². The Bertz CT molecular complexity index is 1090. The zero-order valence-corrected chi connectivity index (χ0v) is 16.9. The van der Waals surface area contributed by atoms with Crippen molar-refractivity contribution in [2.45, 2.75) is 13.8 Å². The second-order valence-electron chi connectivity index (χ2n) is 7.29. The first-order valence-electron chi connectivity index (χ1n) is 9.96. The Morgan fingerprint density at radius 3 is 1.72 bits per heavy atom. The Hall–Kier alpha value is -3.58. The van der Waals surface area contributed by atoms with Gasteiger partial charge in [0, 0.05) is 17.1 Å². The van der Waals surface area contributed by atoms with Crippen LogP contribution in [0.25, 0.3) is 12.2 Å². The molecule has 0 atom stereocenters. The summed E-state index contributed by atoms with van der Waals surface area (Å²) in [5, 5.41) is 0. The van der Waals surface area contributed by atoms with Crippen molar-refractivity contribution in [3.63, 3.8) is 0 Å². The minimum atomic E-state index is 1.15. The number of rotatable bonds is 5. The first kappa shape index (κ1) is 18.8. The van der Waals surface area contributed by atoms with E-state index < -0.39 is 0 Å². The van der Waals surface area contributed by atoms with E-state index in [4.69, 9.17) is 0 Å². The average Bonchev–Trinajstić information content (AvgIpc) is 2.76. The Balaban J connectivity index is 1.65. The minimum Gasteiger partial charge on any atom is -0.311 e. The summed E-state index contributed by atoms with van der Waals surface area (Å²) in [7, 11) is 0. The van der Waals surface area contributed by atoms with Gasteiger partial charge in [0.2, 0.25) is 0 Å². The van der Waals surface area contributed by atoms with E-state index in [0.717, 1.165) is 17.1 Å². The maximum atomic E-state index is 2.29. The van der Waals surface area contributed by atoms with Gasteiger partial charge in [-0.3, -0.25) is 0 Å². The third-order valence-electron chi connectivity index (χ3n) is 5.10. The van der Waals surface area contributed by atoms with Gasteiger partial charge in [0.1, 0.15) is 0 Å². The van der Waals surface area contributed by atoms with Crippen molar-refractivity contribution in [3.8, 4) is 0 Å². The van der Waals surface area contributed by atoms with Gasteiger partial charge in [-0.1, -0.05) is 84.4 Å². The monoisotopic (exact) mass is 375 g/mol. The fourth-order valence-corrected chi connectivity index (χ4v) is 3.41. The molecular weight excluding hydrogens is 350 g/mol. The molecular formula is C28H25N. The lowest BCUT2D eigenvalue weighted by atomic mass is 10.1. The number of hydrogen-bond donors (Lipinski definition) is 0. The molecule has 0 spiro atoms. The van der Waals surface area contributed by atoms with E-state index in [0.29, 0.717) is 0 Å². The van der Waals surface area contributed by atoms with E-state index in [9.17, 15) is 0 Å². The van der Waals surface area contributed by atoms with Crippen molar-refractivity contribution in [1.82, 2.24) is 0 Å². The predicted octanol–water partition coefficient (Wildman–Crippen LogP) is 7.94. The van der Waals surface area contributed by atoms with E-state index in [-0.39, 0.29) is 0 Å². The summed E-state index contributed by atoms with van der Waals surface area (Å²) in [4.78, 5) is 2.29. The quantitative estimate of drug-likeness (QED) is 0.320. The van der Waals surface area contributed by atoms with Crippen LogP contribution in [0.4, 0.5) is 17.1 Å². The van der Waals surface area contributed by atoms with E-state index in [1.165, 1.54) is 22.3 Å². The summed E-state index contributed by atoms with van der Waals surface area (Å²) in [6.45, 7) is 4.26. The lowest BCUT2D eigenvalue weighted by molar-refractivity contribution is 1.27. The third-order valence-corrected chi connectivity index (χ3v) is 5.10. The molecule has 0 saturated carbocycles. The smallest absolute Gasteiger partial charge is 0.0462 e. The molecule has 0 fully saturated rings. The first-order chi connectivity index (χ1) is 14.2. The molecule has 0 N–H and O–H groups in total. The normalized spacial score (nSPS) is 11.0. The second kappa shape index (κ2) is 8.62. The number of hydrogen-bond acceptors (Lipinski definition) is 1. The van der Waals surface area contributed by atoms with Gasteiger partial charge in [0.05, 0.1) is 0 Å². The molecule has 1 heteroatoms. The van der Waals surface area contributed by atoms with Crippen molar-refractivity contribution in [1.29, 1.82) is 0 Å². The molecule has 4 aromatic rings. The standard InChI is InChI=1S/C28H25N/c1-22-12-18-27(19-13-22)29(26-10-4-3-5-11-26)28-20-15-24(16-21-28)14-17-25-9-7-6-8-23(25)2/h3-21H,1-2H3. The van der Waals surface area contributed by atoms with Crippen LogP contribution in [0.15, 0.2) is 103 Å². The zero-order chi connectivity index (χ0) is 20.1. The molecule has 4 rings (SSSR count). The fourth-order valence-electron chi connectivity index (χ4n) is 3.41. The van der Waals surface area contributed by atoms with Crippen LogP contribution in [-0.2, 0) is 0 Å². The molecule has 0 aromatic heterocycles. The molecule has 0 bridgehead atoms. The molecule has 0 aliphatic heterocycles. The molecule has 0 unspecified atom stereocenters. The molecule has 0 aliphatic rings. The van der Waals surface area contributed by atoms with Crippen LogP contribution in [0.2, 0.25) is 0 Å². The van der Waals surface area contributed by atoms with Crippen LogP contribution in [-0.4, -0.2) is 0 Å². The average molecular weight is 376 g/mol. The number of para-hydroxylation sites is 1. The lowest BCUT2D eigenvalue weighted by Crippen LogP contribution is -2.09. The molecule has 0 radical (unpaired) electrons. The van der Waals surface area contributed by atoms with Crippen molar-refractivity contribution in [3.05, 3.63) is 125 Å². The highest BCUT2D eigenvalue weighted by Crippen LogP contribution is 2.34. The van der Waals surface area contributed by atoms with E-state index >= 15 is 0 Å². The second-order valence-corrected chi connectivity index (χ2v) is 7.29. The van der Waals surface area contributed by atoms with Crippen molar-refractivity contribution in [2.75, 3.05) is 4.90 Å². The van der Waals surface area contributed by atoms with Crippen LogP contribution >= 0.6 is 0 Å². The molecule has 0 aliphatic carbocycles. The topological polar surface area (TPSA) is 3.24 Å². The van der Waals surface area contributed by atoms with E-state index in [1.807, 2.05) is 0 Å². The molecule has 0 saturated heterocycles. The zero-order valence-electron chi connectivity index (χ0n) is 16.9. The van der Waals surface area contributed by atoms with Crippen LogP contribution < -0.4 is 4.90 Å². The SMILES string of the molecule is Cc1ccc(N(c2ccccc2)c2ccc(C=Cc3ccccc3C)cc2)cc1. The van der Waals surface area contributed by atoms with Gasteiger partial charge in [-0.25, -0.2) is 0 Å². The highest BCUT2D eigenvalue weighted by atomic mass is 15.1. The van der Waals surface area contributed by atoms with Crippen LogP contribution in [0.3, 0.4) is 0 Å². The number of benzene rings is 4. The molecule has 29 heavy (non-hydrogen) atoms. The highest BCUT2D eigenvalue weighted by molar-refractivity contribution is 5.78. The van der Waals surface area contributed by atoms with Crippen LogP contribution in [0.1, 0.15) is 22.3 Å². The summed E-state index contributed by atoms with van der Waals surface area (Å²) in [6.07, 6.45) is 4.35. The van der Waals surface area contributed by atoms with Crippen LogP contribution in [0.5, 0.6) is 0 Å². The predicted molar refractivity (Wildman–Crippen MR) is 126 cm³/mol. The van der Waals surface area contributed by atoms with Gasteiger partial charge in [-0.05, 0) is 66.9 Å². The van der Waals surface area contributed by atoms with Gasteiger partial charge in [0.25, 0.3) is 0 Å². The van der Waals surface area contributed by atoms with Gasteiger partial charge in [-0.15, -0.1) is 0 Å². The molecule has 142 valence electrons. The Kier molecular flexibility index (Phi) is 5.58. The van der Waals surface area contributed by atoms with Crippen molar-refractivity contribution in [2.24, 2.45) is 0 Å². The lowest BCUT2D eigenvalue weighted by Gasteiger charge is -2.25. The molecule has 1 nitrogen and oxygen atoms in total.